The van der Waals surface area contributed by atoms with Gasteiger partial charge in [0.25, 0.3) is 0 Å². The van der Waals surface area contributed by atoms with Crippen LogP contribution in [0.15, 0.2) is 60.2 Å². The Bertz CT molecular complexity index is 739. The first-order valence-electron chi connectivity index (χ1n) is 7.84. The van der Waals surface area contributed by atoms with Crippen molar-refractivity contribution < 1.29 is 14.3 Å². The lowest BCUT2D eigenvalue weighted by Gasteiger charge is -2.12. The van der Waals surface area contributed by atoms with Gasteiger partial charge in [-0.15, -0.1) is 6.58 Å². The molecule has 0 bridgehead atoms. The zero-order chi connectivity index (χ0) is 17.2. The minimum Gasteiger partial charge on any atom is -0.478 e. The Morgan fingerprint density at radius 3 is 2.83 bits per heavy atom. The minimum absolute atomic E-state index is 0.259. The van der Waals surface area contributed by atoms with Crippen LogP contribution in [0.25, 0.3) is 5.69 Å². The molecule has 126 valence electrons. The van der Waals surface area contributed by atoms with E-state index in [9.17, 15) is 4.79 Å². The summed E-state index contributed by atoms with van der Waals surface area (Å²) in [6.45, 7) is 6.39. The number of rotatable bonds is 7. The third-order valence-corrected chi connectivity index (χ3v) is 3.01. The summed E-state index contributed by atoms with van der Waals surface area (Å²) in [7, 11) is 0. The van der Waals surface area contributed by atoms with Gasteiger partial charge in [-0.1, -0.05) is 31.2 Å². The van der Waals surface area contributed by atoms with Crippen LogP contribution < -0.4 is 10.1 Å². The molecule has 0 aliphatic rings. The van der Waals surface area contributed by atoms with E-state index >= 15 is 0 Å². The fourth-order valence-corrected chi connectivity index (χ4v) is 1.90. The first kappa shape index (κ1) is 17.5. The van der Waals surface area contributed by atoms with Crippen LogP contribution in [0, 0.1) is 0 Å². The standard InChI is InChI=1S/C18H21N3O3/c1-3-5-12-24-18(22)20-15-13-17(23-11-4-2)21(19-14-15)16-9-7-6-8-10-16/h3,6-10,13-14H,1,4-5,11-12H2,2H3/b20-15+. The van der Waals surface area contributed by atoms with E-state index in [2.05, 4.69) is 16.7 Å². The number of hydrogen-bond acceptors (Lipinski definition) is 4. The van der Waals surface area contributed by atoms with E-state index in [1.165, 1.54) is 6.20 Å². The van der Waals surface area contributed by atoms with Crippen molar-refractivity contribution in [3.05, 3.63) is 60.6 Å². The molecule has 6 heteroatoms. The average molecular weight is 327 g/mol. The lowest BCUT2D eigenvalue weighted by Crippen LogP contribution is -2.16. The first-order valence-corrected chi connectivity index (χ1v) is 7.84. The summed E-state index contributed by atoms with van der Waals surface area (Å²) in [6, 6.07) is 11.3. The predicted molar refractivity (Wildman–Crippen MR) is 91.1 cm³/mol. The van der Waals surface area contributed by atoms with Crippen molar-refractivity contribution in [2.45, 2.75) is 19.8 Å². The molecule has 2 aromatic rings. The van der Waals surface area contributed by atoms with E-state index in [4.69, 9.17) is 9.47 Å². The Morgan fingerprint density at radius 2 is 2.12 bits per heavy atom. The van der Waals surface area contributed by atoms with Crippen LogP contribution in [0.2, 0.25) is 0 Å². The monoisotopic (exact) mass is 327 g/mol. The molecule has 0 unspecified atom stereocenters. The second-order valence-electron chi connectivity index (χ2n) is 4.95. The predicted octanol–water partition coefficient (Wildman–Crippen LogP) is 3.27. The van der Waals surface area contributed by atoms with E-state index in [-0.39, 0.29) is 6.61 Å². The number of ether oxygens (including phenoxy) is 2. The fourth-order valence-electron chi connectivity index (χ4n) is 1.90. The van der Waals surface area contributed by atoms with Crippen molar-refractivity contribution >= 4 is 6.09 Å². The molecular weight excluding hydrogens is 306 g/mol. The summed E-state index contributed by atoms with van der Waals surface area (Å²) in [4.78, 5) is 15.6. The van der Waals surface area contributed by atoms with Gasteiger partial charge in [0, 0.05) is 6.07 Å². The molecule has 6 nitrogen and oxygen atoms in total. The highest BCUT2D eigenvalue weighted by Crippen LogP contribution is 2.14. The van der Waals surface area contributed by atoms with Crippen LogP contribution in [0.5, 0.6) is 5.88 Å². The molecule has 0 radical (unpaired) electrons. The number of benzene rings is 1. The number of amides is 1. The van der Waals surface area contributed by atoms with Gasteiger partial charge in [-0.25, -0.2) is 9.48 Å². The molecule has 1 amide bonds. The van der Waals surface area contributed by atoms with Gasteiger partial charge in [-0.2, -0.15) is 10.1 Å². The molecular formula is C18H21N3O3. The Morgan fingerprint density at radius 1 is 1.33 bits per heavy atom. The van der Waals surface area contributed by atoms with Crippen LogP contribution in [0.1, 0.15) is 19.8 Å². The Hall–Kier alpha value is -2.89. The number of aromatic nitrogens is 2. The third kappa shape index (κ3) is 5.08. The molecule has 1 heterocycles. The smallest absolute Gasteiger partial charge is 0.434 e. The lowest BCUT2D eigenvalue weighted by atomic mass is 10.3. The zero-order valence-electron chi connectivity index (χ0n) is 13.7. The summed E-state index contributed by atoms with van der Waals surface area (Å²) in [5.74, 6) is 0.517. The quantitative estimate of drug-likeness (QED) is 0.578. The van der Waals surface area contributed by atoms with Gasteiger partial charge in [0.15, 0.2) is 0 Å². The molecule has 0 aliphatic carbocycles. The number of nitrogens with zero attached hydrogens (tertiary/aromatic N) is 3. The third-order valence-electron chi connectivity index (χ3n) is 3.01. The summed E-state index contributed by atoms with van der Waals surface area (Å²) in [5, 5.41) is 4.71. The van der Waals surface area contributed by atoms with Crippen LogP contribution in [0.3, 0.4) is 0 Å². The van der Waals surface area contributed by atoms with E-state index in [0.717, 1.165) is 12.1 Å². The maximum Gasteiger partial charge on any atom is 0.434 e. The summed E-state index contributed by atoms with van der Waals surface area (Å²) < 4.78 is 12.4. The summed E-state index contributed by atoms with van der Waals surface area (Å²) >= 11 is 0. The fraction of sp³-hybridized carbons (Fsp3) is 0.278. The SMILES string of the molecule is C=CCCOC(=O)/N=c1/cnn(-c2ccccc2)c(OCCC)c1. The highest BCUT2D eigenvalue weighted by Gasteiger charge is 2.06. The number of carbonyl (C=O) groups is 1. The van der Waals surface area contributed by atoms with Crippen LogP contribution in [-0.2, 0) is 4.74 Å². The van der Waals surface area contributed by atoms with Gasteiger partial charge in [-0.3, -0.25) is 0 Å². The number of para-hydroxylation sites is 1. The molecule has 24 heavy (non-hydrogen) atoms. The second kappa shape index (κ2) is 9.29. The van der Waals surface area contributed by atoms with Crippen LogP contribution in [0.4, 0.5) is 4.79 Å². The van der Waals surface area contributed by atoms with Crippen molar-refractivity contribution in [3.8, 4) is 11.6 Å². The van der Waals surface area contributed by atoms with Crippen molar-refractivity contribution in [2.24, 2.45) is 4.99 Å². The van der Waals surface area contributed by atoms with Crippen LogP contribution in [-0.4, -0.2) is 29.1 Å². The van der Waals surface area contributed by atoms with Gasteiger partial charge in [0.1, 0.15) is 0 Å². The largest absolute Gasteiger partial charge is 0.478 e. The molecule has 0 saturated heterocycles. The van der Waals surface area contributed by atoms with E-state index in [1.807, 2.05) is 37.3 Å². The molecule has 0 aliphatic heterocycles. The van der Waals surface area contributed by atoms with Gasteiger partial charge in [0.2, 0.25) is 5.88 Å². The maximum atomic E-state index is 11.7. The van der Waals surface area contributed by atoms with Gasteiger partial charge < -0.3 is 9.47 Å². The summed E-state index contributed by atoms with van der Waals surface area (Å²) in [5.41, 5.74) is 0.865. The van der Waals surface area contributed by atoms with Gasteiger partial charge in [0.05, 0.1) is 30.5 Å². The van der Waals surface area contributed by atoms with Gasteiger partial charge >= 0.3 is 6.09 Å². The first-order chi connectivity index (χ1) is 11.7. The molecule has 1 aromatic heterocycles. The molecule has 0 atom stereocenters. The lowest BCUT2D eigenvalue weighted by molar-refractivity contribution is 0.158. The Balaban J connectivity index is 2.29. The minimum atomic E-state index is -0.655. The highest BCUT2D eigenvalue weighted by atomic mass is 16.5. The Kier molecular flexibility index (Phi) is 6.76. The number of hydrogen-bond donors (Lipinski definition) is 0. The van der Waals surface area contributed by atoms with Crippen LogP contribution >= 0.6 is 0 Å². The number of carbonyl (C=O) groups excluding carboxylic acids is 1. The Labute approximate surface area is 141 Å². The summed E-state index contributed by atoms with van der Waals surface area (Å²) in [6.07, 6.45) is 3.97. The van der Waals surface area contributed by atoms with Gasteiger partial charge in [-0.05, 0) is 25.0 Å². The highest BCUT2D eigenvalue weighted by molar-refractivity contribution is 5.68. The van der Waals surface area contributed by atoms with Crippen molar-refractivity contribution in [2.75, 3.05) is 13.2 Å². The second-order valence-corrected chi connectivity index (χ2v) is 4.95. The normalized spacial score (nSPS) is 11.1. The van der Waals surface area contributed by atoms with E-state index in [0.29, 0.717) is 24.3 Å². The average Bonchev–Trinajstić information content (AvgIpc) is 2.61. The zero-order valence-corrected chi connectivity index (χ0v) is 13.7. The molecule has 1 aromatic carbocycles. The molecule has 0 N–H and O–H groups in total. The van der Waals surface area contributed by atoms with E-state index in [1.54, 1.807) is 16.8 Å². The molecule has 0 fully saturated rings. The van der Waals surface area contributed by atoms with Crippen molar-refractivity contribution in [3.63, 3.8) is 0 Å². The van der Waals surface area contributed by atoms with Crippen molar-refractivity contribution in [1.29, 1.82) is 0 Å². The molecule has 0 saturated carbocycles. The molecule has 2 rings (SSSR count). The van der Waals surface area contributed by atoms with E-state index < -0.39 is 6.09 Å². The molecule has 0 spiro atoms. The van der Waals surface area contributed by atoms with Crippen molar-refractivity contribution in [1.82, 2.24) is 9.78 Å². The maximum absolute atomic E-state index is 11.7. The topological polar surface area (TPSA) is 65.7 Å².